The van der Waals surface area contributed by atoms with Crippen molar-refractivity contribution >= 4 is 12.0 Å². The van der Waals surface area contributed by atoms with Crippen LogP contribution < -0.4 is 4.74 Å². The number of cyclic esters (lactones) is 1. The number of hydrogen-bond acceptors (Lipinski definition) is 4. The lowest BCUT2D eigenvalue weighted by Gasteiger charge is -2.36. The van der Waals surface area contributed by atoms with Crippen molar-refractivity contribution in [3.05, 3.63) is 65.7 Å². The van der Waals surface area contributed by atoms with Gasteiger partial charge >= 0.3 is 6.09 Å². The van der Waals surface area contributed by atoms with Gasteiger partial charge in [-0.15, -0.1) is 0 Å². The number of carbonyl (C=O) groups is 2. The summed E-state index contributed by atoms with van der Waals surface area (Å²) in [6.07, 6.45) is 0.915. The molecule has 182 valence electrons. The van der Waals surface area contributed by atoms with Crippen LogP contribution in [0.3, 0.4) is 0 Å². The molecule has 0 spiro atoms. The number of ether oxygens (including phenoxy) is 2. The molecule has 1 aliphatic carbocycles. The molecule has 2 aliphatic rings. The van der Waals surface area contributed by atoms with E-state index < -0.39 is 35.2 Å². The molecule has 1 aliphatic heterocycles. The van der Waals surface area contributed by atoms with Crippen LogP contribution in [0.1, 0.15) is 64.5 Å². The van der Waals surface area contributed by atoms with Crippen molar-refractivity contribution in [2.24, 2.45) is 11.8 Å². The van der Waals surface area contributed by atoms with Gasteiger partial charge in [-0.2, -0.15) is 0 Å². The SMILES string of the molecule is CC(C)[C@@H]1N(C(=O)C(C)(F)C(c2cccc(OCc3ccccc3)c2)C2CC2)C(=O)OC1(C)C. The Kier molecular flexibility index (Phi) is 6.45. The van der Waals surface area contributed by atoms with Gasteiger partial charge in [-0.25, -0.2) is 14.1 Å². The van der Waals surface area contributed by atoms with Crippen molar-refractivity contribution in [2.45, 2.75) is 77.3 Å². The number of nitrogens with zero attached hydrogens (tertiary/aromatic N) is 1. The molecule has 0 N–H and O–H groups in total. The summed E-state index contributed by atoms with van der Waals surface area (Å²) in [5.74, 6) is -0.918. The molecule has 2 aromatic carbocycles. The molecule has 1 saturated carbocycles. The molecule has 1 heterocycles. The number of rotatable bonds is 8. The third kappa shape index (κ3) is 4.68. The predicted molar refractivity (Wildman–Crippen MR) is 128 cm³/mol. The number of carbonyl (C=O) groups excluding carboxylic acids is 2. The van der Waals surface area contributed by atoms with E-state index in [2.05, 4.69) is 0 Å². The fourth-order valence-corrected chi connectivity index (χ4v) is 5.43. The highest BCUT2D eigenvalue weighted by Gasteiger charge is 2.59. The Morgan fingerprint density at radius 1 is 1.18 bits per heavy atom. The number of amides is 2. The van der Waals surface area contributed by atoms with Crippen LogP contribution in [0.25, 0.3) is 0 Å². The highest BCUT2D eigenvalue weighted by molar-refractivity contribution is 5.99. The lowest BCUT2D eigenvalue weighted by molar-refractivity contribution is -0.144. The summed E-state index contributed by atoms with van der Waals surface area (Å²) >= 11 is 0. The third-order valence-corrected chi connectivity index (χ3v) is 6.95. The van der Waals surface area contributed by atoms with E-state index in [0.717, 1.165) is 23.3 Å². The molecule has 0 bridgehead atoms. The molecule has 3 atom stereocenters. The normalized spacial score (nSPS) is 22.3. The molecular formula is C28H34FNO4. The van der Waals surface area contributed by atoms with Crippen molar-refractivity contribution in [3.63, 3.8) is 0 Å². The molecule has 5 nitrogen and oxygen atoms in total. The van der Waals surface area contributed by atoms with E-state index in [9.17, 15) is 9.59 Å². The maximum absolute atomic E-state index is 16.6. The minimum Gasteiger partial charge on any atom is -0.489 e. The molecule has 1 saturated heterocycles. The summed E-state index contributed by atoms with van der Waals surface area (Å²) in [4.78, 5) is 27.4. The standard InChI is InChI=1S/C28H34FNO4/c1-18(2)24-27(3,4)34-26(32)30(24)25(31)28(5,29)23(20-14-15-20)21-12-9-13-22(16-21)33-17-19-10-7-6-8-11-19/h6-13,16,18,20,23-24H,14-15,17H2,1-5H3/t23?,24-,28?/m0/s1. The molecule has 2 aromatic rings. The number of hydrogen-bond donors (Lipinski definition) is 0. The van der Waals surface area contributed by atoms with E-state index in [1.807, 2.05) is 68.4 Å². The monoisotopic (exact) mass is 467 g/mol. The highest BCUT2D eigenvalue weighted by atomic mass is 19.1. The van der Waals surface area contributed by atoms with Crippen molar-refractivity contribution in [1.29, 1.82) is 0 Å². The molecule has 2 unspecified atom stereocenters. The second kappa shape index (κ2) is 9.05. The van der Waals surface area contributed by atoms with Crippen LogP contribution in [-0.2, 0) is 16.1 Å². The molecule has 2 fully saturated rings. The van der Waals surface area contributed by atoms with Gasteiger partial charge in [0, 0.05) is 5.92 Å². The van der Waals surface area contributed by atoms with Gasteiger partial charge in [0.25, 0.3) is 5.91 Å². The zero-order valence-corrected chi connectivity index (χ0v) is 20.6. The van der Waals surface area contributed by atoms with Crippen LogP contribution in [0.5, 0.6) is 5.75 Å². The Morgan fingerprint density at radius 2 is 1.85 bits per heavy atom. The third-order valence-electron chi connectivity index (χ3n) is 6.95. The maximum atomic E-state index is 16.6. The fourth-order valence-electron chi connectivity index (χ4n) is 5.43. The largest absolute Gasteiger partial charge is 0.489 e. The second-order valence-electron chi connectivity index (χ2n) is 10.6. The summed E-state index contributed by atoms with van der Waals surface area (Å²) in [6.45, 7) is 9.07. The lowest BCUT2D eigenvalue weighted by atomic mass is 9.79. The fraction of sp³-hybridized carbons (Fsp3) is 0.500. The van der Waals surface area contributed by atoms with E-state index in [1.54, 1.807) is 13.8 Å². The van der Waals surface area contributed by atoms with E-state index in [0.29, 0.717) is 17.9 Å². The Labute approximate surface area is 201 Å². The van der Waals surface area contributed by atoms with E-state index in [1.165, 1.54) is 6.92 Å². The Hall–Kier alpha value is -2.89. The number of benzene rings is 2. The second-order valence-corrected chi connectivity index (χ2v) is 10.6. The molecule has 4 rings (SSSR count). The Balaban J connectivity index is 1.61. The van der Waals surface area contributed by atoms with Crippen LogP contribution in [0.2, 0.25) is 0 Å². The van der Waals surface area contributed by atoms with Crippen LogP contribution in [0, 0.1) is 11.8 Å². The summed E-state index contributed by atoms with van der Waals surface area (Å²) < 4.78 is 28.0. The van der Waals surface area contributed by atoms with Gasteiger partial charge in [0.1, 0.15) is 18.0 Å². The van der Waals surface area contributed by atoms with Crippen molar-refractivity contribution < 1.29 is 23.5 Å². The van der Waals surface area contributed by atoms with Crippen LogP contribution in [0.15, 0.2) is 54.6 Å². The highest BCUT2D eigenvalue weighted by Crippen LogP contribution is 2.51. The molecule has 0 aromatic heterocycles. The Bertz CT molecular complexity index is 1050. The minimum atomic E-state index is -2.27. The van der Waals surface area contributed by atoms with E-state index in [4.69, 9.17) is 9.47 Å². The Morgan fingerprint density at radius 3 is 2.47 bits per heavy atom. The van der Waals surface area contributed by atoms with Crippen LogP contribution >= 0.6 is 0 Å². The predicted octanol–water partition coefficient (Wildman–Crippen LogP) is 6.27. The average Bonchev–Trinajstić information content (AvgIpc) is 3.56. The molecule has 6 heteroatoms. The summed E-state index contributed by atoms with van der Waals surface area (Å²) in [5, 5.41) is 0. The summed E-state index contributed by atoms with van der Waals surface area (Å²) in [5.41, 5.74) is -1.41. The maximum Gasteiger partial charge on any atom is 0.417 e. The van der Waals surface area contributed by atoms with E-state index >= 15 is 4.39 Å². The van der Waals surface area contributed by atoms with Gasteiger partial charge < -0.3 is 9.47 Å². The first-order valence-electron chi connectivity index (χ1n) is 12.0. The van der Waals surface area contributed by atoms with Crippen molar-refractivity contribution in [2.75, 3.05) is 0 Å². The molecule has 34 heavy (non-hydrogen) atoms. The number of imide groups is 1. The molecule has 2 amide bonds. The van der Waals surface area contributed by atoms with Gasteiger partial charge in [0.05, 0.1) is 6.04 Å². The molecular weight excluding hydrogens is 433 g/mol. The topological polar surface area (TPSA) is 55.8 Å². The minimum absolute atomic E-state index is 0.0347. The van der Waals surface area contributed by atoms with Gasteiger partial charge in [-0.1, -0.05) is 56.3 Å². The first-order chi connectivity index (χ1) is 16.0. The summed E-state index contributed by atoms with van der Waals surface area (Å²) in [6, 6.07) is 16.6. The first kappa shape index (κ1) is 24.2. The van der Waals surface area contributed by atoms with Crippen molar-refractivity contribution in [1.82, 2.24) is 4.90 Å². The zero-order chi connectivity index (χ0) is 24.7. The van der Waals surface area contributed by atoms with Gasteiger partial charge in [-0.3, -0.25) is 4.79 Å². The average molecular weight is 468 g/mol. The number of halogens is 1. The number of alkyl halides is 1. The summed E-state index contributed by atoms with van der Waals surface area (Å²) in [7, 11) is 0. The molecule has 0 radical (unpaired) electrons. The van der Waals surface area contributed by atoms with Crippen LogP contribution in [-0.4, -0.2) is 34.2 Å². The lowest BCUT2D eigenvalue weighted by Crippen LogP contribution is -2.55. The quantitative estimate of drug-likeness (QED) is 0.459. The van der Waals surface area contributed by atoms with Gasteiger partial charge in [-0.05, 0) is 68.7 Å². The van der Waals surface area contributed by atoms with Gasteiger partial charge in [0.15, 0.2) is 5.67 Å². The smallest absolute Gasteiger partial charge is 0.417 e. The first-order valence-corrected chi connectivity index (χ1v) is 12.0. The van der Waals surface area contributed by atoms with E-state index in [-0.39, 0.29) is 11.8 Å². The van der Waals surface area contributed by atoms with Crippen molar-refractivity contribution in [3.8, 4) is 5.75 Å². The van der Waals surface area contributed by atoms with Crippen LogP contribution in [0.4, 0.5) is 9.18 Å². The zero-order valence-electron chi connectivity index (χ0n) is 20.6. The van der Waals surface area contributed by atoms with Gasteiger partial charge in [0.2, 0.25) is 0 Å².